The normalized spacial score (nSPS) is 28.9. The first-order valence-corrected chi connectivity index (χ1v) is 11.7. The van der Waals surface area contributed by atoms with Gasteiger partial charge in [-0.2, -0.15) is 0 Å². The molecule has 2 fully saturated rings. The van der Waals surface area contributed by atoms with Crippen molar-refractivity contribution in [3.8, 4) is 0 Å². The average molecular weight is 374 g/mol. The Morgan fingerprint density at radius 2 is 2.12 bits per heavy atom. The minimum atomic E-state index is -0.136. The molecule has 7 heteroatoms. The maximum atomic E-state index is 12.2. The number of aryl methyl sites for hydroxylation is 1. The topological polar surface area (TPSA) is 60.4 Å². The molecule has 3 unspecified atom stereocenters. The number of allylic oxidation sites excluding steroid dienone is 2. The summed E-state index contributed by atoms with van der Waals surface area (Å²) < 4.78 is 16.1. The second kappa shape index (κ2) is 8.96. The Kier molecular flexibility index (Phi) is 6.67. The molecule has 0 N–H and O–H groups in total. The second-order valence-corrected chi connectivity index (χ2v) is 9.82. The Hall–Kier alpha value is -1.18. The van der Waals surface area contributed by atoms with Crippen LogP contribution in [0.2, 0.25) is 0 Å². The van der Waals surface area contributed by atoms with Crippen LogP contribution in [0.25, 0.3) is 0 Å². The number of ether oxygens (including phenoxy) is 1. The Morgan fingerprint density at radius 1 is 1.32 bits per heavy atom. The average Bonchev–Trinajstić information content (AvgIpc) is 3.13. The molecule has 1 heterocycles. The van der Waals surface area contributed by atoms with Crippen LogP contribution in [0.4, 0.5) is 0 Å². The van der Waals surface area contributed by atoms with E-state index in [4.69, 9.17) is 4.74 Å². The van der Waals surface area contributed by atoms with E-state index in [-0.39, 0.29) is 29.7 Å². The molecule has 0 spiro atoms. The van der Waals surface area contributed by atoms with Crippen LogP contribution >= 0.6 is 16.4 Å². The molecule has 1 aliphatic carbocycles. The van der Waals surface area contributed by atoms with Gasteiger partial charge in [-0.3, -0.25) is 0 Å². The first-order valence-electron chi connectivity index (χ1n) is 8.56. The molecule has 25 heavy (non-hydrogen) atoms. The second-order valence-electron chi connectivity index (χ2n) is 6.53. The van der Waals surface area contributed by atoms with E-state index < -0.39 is 0 Å². The summed E-state index contributed by atoms with van der Waals surface area (Å²) in [4.78, 5) is 23.8. The van der Waals surface area contributed by atoms with Crippen LogP contribution in [0.1, 0.15) is 24.8 Å². The molecular formula is C18H21BO4P2. The first kappa shape index (κ1) is 18.6. The van der Waals surface area contributed by atoms with Gasteiger partial charge in [-0.05, 0) is 0 Å². The summed E-state index contributed by atoms with van der Waals surface area (Å²) >= 11 is 0. The van der Waals surface area contributed by atoms with E-state index >= 15 is 0 Å². The van der Waals surface area contributed by atoms with Crippen molar-refractivity contribution in [2.45, 2.75) is 37.4 Å². The van der Waals surface area contributed by atoms with Gasteiger partial charge in [0, 0.05) is 0 Å². The van der Waals surface area contributed by atoms with Crippen molar-refractivity contribution >= 4 is 35.0 Å². The van der Waals surface area contributed by atoms with E-state index in [1.54, 1.807) is 6.08 Å². The Morgan fingerprint density at radius 3 is 2.88 bits per heavy atom. The van der Waals surface area contributed by atoms with Gasteiger partial charge in [0.1, 0.15) is 0 Å². The summed E-state index contributed by atoms with van der Waals surface area (Å²) in [5.74, 6) is 0.309. The molecule has 4 nitrogen and oxygen atoms in total. The van der Waals surface area contributed by atoms with E-state index in [9.17, 15) is 14.3 Å². The van der Waals surface area contributed by atoms with Crippen molar-refractivity contribution < 1.29 is 19.0 Å². The molecule has 3 rings (SSSR count). The third-order valence-corrected chi connectivity index (χ3v) is 8.18. The quantitative estimate of drug-likeness (QED) is 0.303. The fraction of sp³-hybridized carbons (Fsp3) is 0.444. The summed E-state index contributed by atoms with van der Waals surface area (Å²) in [6.07, 6.45) is 6.11. The number of ketones is 1. The van der Waals surface area contributed by atoms with Gasteiger partial charge >= 0.3 is 145 Å². The van der Waals surface area contributed by atoms with Gasteiger partial charge in [-0.25, -0.2) is 0 Å². The number of hydrogen-bond acceptors (Lipinski definition) is 4. The zero-order chi connectivity index (χ0) is 17.6. The van der Waals surface area contributed by atoms with Crippen molar-refractivity contribution in [2.24, 2.45) is 11.8 Å². The zero-order valence-corrected chi connectivity index (χ0v) is 15.9. The van der Waals surface area contributed by atoms with Gasteiger partial charge in [0.05, 0.1) is 0 Å². The predicted octanol–water partition coefficient (Wildman–Crippen LogP) is 3.30. The molecule has 1 aromatic carbocycles. The van der Waals surface area contributed by atoms with Crippen LogP contribution in [0.3, 0.4) is 0 Å². The number of rotatable bonds is 8. The third-order valence-electron chi connectivity index (χ3n) is 4.94. The van der Waals surface area contributed by atoms with Crippen LogP contribution in [-0.4, -0.2) is 30.4 Å². The Labute approximate surface area is 151 Å². The van der Waals surface area contributed by atoms with Crippen LogP contribution in [0.5, 0.6) is 0 Å². The zero-order valence-electron chi connectivity index (χ0n) is 13.9. The molecule has 1 aliphatic heterocycles. The van der Waals surface area contributed by atoms with Crippen molar-refractivity contribution in [1.29, 1.82) is 0 Å². The number of fused-ring (bicyclic) bond motifs is 1. The van der Waals surface area contributed by atoms with Crippen LogP contribution in [-0.2, 0) is 25.5 Å². The molecule has 6 atom stereocenters. The molecule has 1 aromatic rings. The summed E-state index contributed by atoms with van der Waals surface area (Å²) in [6.45, 7) is 0.977. The summed E-state index contributed by atoms with van der Waals surface area (Å²) in [7, 11) is 0.857. The minimum absolute atomic E-state index is 0.0319. The molecule has 1 saturated heterocycles. The van der Waals surface area contributed by atoms with Crippen LogP contribution < -0.4 is 0 Å². The van der Waals surface area contributed by atoms with Gasteiger partial charge < -0.3 is 0 Å². The van der Waals surface area contributed by atoms with Crippen molar-refractivity contribution in [1.82, 2.24) is 0 Å². The Bertz CT molecular complexity index is 664. The maximum absolute atomic E-state index is 12.2. The molecule has 0 radical (unpaired) electrons. The monoisotopic (exact) mass is 374 g/mol. The van der Waals surface area contributed by atoms with E-state index in [2.05, 4.69) is 0 Å². The molecule has 0 aromatic heterocycles. The fourth-order valence-corrected chi connectivity index (χ4v) is 6.69. The van der Waals surface area contributed by atoms with Gasteiger partial charge in [0.25, 0.3) is 0 Å². The summed E-state index contributed by atoms with van der Waals surface area (Å²) in [5.41, 5.74) is 1.51. The predicted molar refractivity (Wildman–Crippen MR) is 102 cm³/mol. The molecule has 0 bridgehead atoms. The molecule has 130 valence electrons. The van der Waals surface area contributed by atoms with E-state index in [1.165, 1.54) is 0 Å². The van der Waals surface area contributed by atoms with Crippen molar-refractivity contribution in [3.63, 3.8) is 0 Å². The molecule has 1 saturated carbocycles. The van der Waals surface area contributed by atoms with Crippen molar-refractivity contribution in [2.75, 3.05) is 0 Å². The molecular weight excluding hydrogens is 353 g/mol. The van der Waals surface area contributed by atoms with Gasteiger partial charge in [0.15, 0.2) is 0 Å². The number of hydrogen-bond donors (Lipinski definition) is 0. The summed E-state index contributed by atoms with van der Waals surface area (Å²) in [6, 6.07) is 9.97. The van der Waals surface area contributed by atoms with Gasteiger partial charge in [-0.15, -0.1) is 0 Å². The molecule has 2 aliphatic rings. The number of benzene rings is 1. The van der Waals surface area contributed by atoms with Crippen LogP contribution in [0.15, 0.2) is 42.5 Å². The SMILES string of the molecule is O=BPP[C@@H]1CC2OC(=O)C[C@@H]2[C@H]1/C=C/C(=O)CCc1ccccc1. The number of esters is 1. The van der Waals surface area contributed by atoms with Gasteiger partial charge in [0.2, 0.25) is 0 Å². The van der Waals surface area contributed by atoms with E-state index in [0.29, 0.717) is 34.9 Å². The summed E-state index contributed by atoms with van der Waals surface area (Å²) in [5, 5.41) is 0. The third kappa shape index (κ3) is 4.93. The molecule has 0 amide bonds. The van der Waals surface area contributed by atoms with E-state index in [1.807, 2.05) is 36.4 Å². The Balaban J connectivity index is 1.59. The number of carbonyl (C=O) groups is 2. The standard InChI is InChI=1S/C18H21BO4P2/c20-13(7-6-12-4-2-1-3-5-12)8-9-14-15-10-18(21)23-16(15)11-17(14)24-25-19-22/h1-5,8-9,14-17,24-25H,6-7,10-11H2/b9-8+/t14-,15-,16?,17-/m1/s1. The van der Waals surface area contributed by atoms with Crippen molar-refractivity contribution in [3.05, 3.63) is 48.0 Å². The van der Waals surface area contributed by atoms with Crippen LogP contribution in [0, 0.1) is 11.8 Å². The first-order chi connectivity index (χ1) is 12.2. The fourth-order valence-electron chi connectivity index (χ4n) is 3.73. The number of carbonyl (C=O) groups excluding carboxylic acids is 2. The van der Waals surface area contributed by atoms with E-state index in [0.717, 1.165) is 25.3 Å². The van der Waals surface area contributed by atoms with Gasteiger partial charge in [-0.1, -0.05) is 6.07 Å².